The molecule has 1 aliphatic heterocycles. The normalized spacial score (nSPS) is 25.5. The first-order chi connectivity index (χ1) is 20.0. The van der Waals surface area contributed by atoms with Gasteiger partial charge in [0.2, 0.25) is 5.91 Å². The SMILES string of the molecule is [2H]c1c([2H])c([2H])c(OC([2H])([2H])[2H])c(OC([2H])C([2H])(O)C([2H])([2H])N2CCN(C([2H])([2H])C(=O)Nc3c(C)cccc3C)CC2)c1[2H]. The molecule has 1 fully saturated rings. The molecular weight excluding hydrogens is 394 g/mol. The fraction of sp³-hybridized carbons (Fsp3) is 0.458. The smallest absolute Gasteiger partial charge is 0.238 e. The Morgan fingerprint density at radius 1 is 1.23 bits per heavy atom. The van der Waals surface area contributed by atoms with Crippen LogP contribution in [-0.4, -0.2) is 79.7 Å². The Bertz CT molecular complexity index is 1380. The Hall–Kier alpha value is -2.61. The van der Waals surface area contributed by atoms with E-state index in [0.29, 0.717) is 5.69 Å². The third kappa shape index (κ3) is 6.69. The number of amides is 1. The average Bonchev–Trinajstić information content (AvgIpc) is 2.93. The van der Waals surface area contributed by atoms with Crippen LogP contribution < -0.4 is 14.8 Å². The van der Waals surface area contributed by atoms with Gasteiger partial charge in [0.25, 0.3) is 0 Å². The van der Waals surface area contributed by atoms with Gasteiger partial charge in [0, 0.05) is 41.1 Å². The van der Waals surface area contributed by atoms with Crippen molar-refractivity contribution in [2.45, 2.75) is 19.9 Å². The van der Waals surface area contributed by atoms with Gasteiger partial charge in [-0.1, -0.05) is 30.3 Å². The number of carbonyl (C=O) groups excluding carboxylic acids is 1. The number of carbonyl (C=O) groups is 1. The molecular formula is C24H33N3O4. The van der Waals surface area contributed by atoms with Gasteiger partial charge in [-0.05, 0) is 37.1 Å². The standard InChI is InChI=1S/C24H33N3O4/c1-18-7-6-8-19(2)24(18)25-23(29)16-27-13-11-26(12-14-27)15-20(28)17-31-22-10-5-4-9-21(22)30-3/h4-10,20,28H,11-17H2,1-3H3,(H,25,29)/i3D3,4D,5D,9D,10D,15D2,16D2,17D,20D. The Morgan fingerprint density at radius 3 is 2.55 bits per heavy atom. The molecule has 168 valence electrons. The van der Waals surface area contributed by atoms with Crippen molar-refractivity contribution in [2.24, 2.45) is 0 Å². The van der Waals surface area contributed by atoms with Crippen LogP contribution in [0.4, 0.5) is 5.69 Å². The van der Waals surface area contributed by atoms with Gasteiger partial charge in [-0.25, -0.2) is 0 Å². The van der Waals surface area contributed by atoms with Gasteiger partial charge in [0.15, 0.2) is 11.5 Å². The van der Waals surface area contributed by atoms with Crippen LogP contribution in [-0.2, 0) is 4.79 Å². The molecule has 1 amide bonds. The molecule has 2 atom stereocenters. The summed E-state index contributed by atoms with van der Waals surface area (Å²) in [5, 5.41) is 13.5. The van der Waals surface area contributed by atoms with Crippen molar-refractivity contribution in [3.8, 4) is 11.5 Å². The highest BCUT2D eigenvalue weighted by Crippen LogP contribution is 2.25. The number of hydrogen-bond donors (Lipinski definition) is 2. The first-order valence-corrected chi connectivity index (χ1v) is 9.52. The van der Waals surface area contributed by atoms with Crippen LogP contribution >= 0.6 is 0 Å². The van der Waals surface area contributed by atoms with Gasteiger partial charge in [-0.3, -0.25) is 14.6 Å². The van der Waals surface area contributed by atoms with E-state index < -0.39 is 74.3 Å². The van der Waals surface area contributed by atoms with E-state index in [1.54, 1.807) is 32.0 Å². The Balaban J connectivity index is 1.78. The van der Waals surface area contributed by atoms with E-state index in [1.807, 2.05) is 0 Å². The number of para-hydroxylation sites is 3. The molecule has 31 heavy (non-hydrogen) atoms. The van der Waals surface area contributed by atoms with Gasteiger partial charge in [0.1, 0.15) is 12.7 Å². The third-order valence-corrected chi connectivity index (χ3v) is 4.54. The summed E-state index contributed by atoms with van der Waals surface area (Å²) in [4.78, 5) is 15.0. The Morgan fingerprint density at radius 2 is 1.87 bits per heavy atom. The summed E-state index contributed by atoms with van der Waals surface area (Å²) in [6.07, 6.45) is -3.44. The quantitative estimate of drug-likeness (QED) is 0.623. The number of piperazine rings is 1. The molecule has 7 nitrogen and oxygen atoms in total. The molecule has 2 aromatic carbocycles. The van der Waals surface area contributed by atoms with Gasteiger partial charge in [0.05, 0.1) is 28.6 Å². The highest BCUT2D eigenvalue weighted by atomic mass is 16.5. The summed E-state index contributed by atoms with van der Waals surface area (Å²) < 4.78 is 114. The number of aliphatic hydroxyl groups is 1. The maximum absolute atomic E-state index is 12.9. The summed E-state index contributed by atoms with van der Waals surface area (Å²) in [5.41, 5.74) is 1.93. The molecule has 0 aliphatic carbocycles. The molecule has 2 aromatic rings. The van der Waals surface area contributed by atoms with Crippen LogP contribution in [0.5, 0.6) is 11.5 Å². The number of ether oxygens (including phenoxy) is 2. The monoisotopic (exact) mass is 440 g/mol. The molecule has 7 heteroatoms. The molecule has 2 N–H and O–H groups in total. The van der Waals surface area contributed by atoms with Crippen molar-refractivity contribution in [3.63, 3.8) is 0 Å². The Kier molecular flexibility index (Phi) is 4.06. The molecule has 0 aromatic heterocycles. The largest absolute Gasteiger partial charge is 0.493 e. The maximum atomic E-state index is 12.9. The van der Waals surface area contributed by atoms with Gasteiger partial charge in [-0.15, -0.1) is 0 Å². The van der Waals surface area contributed by atoms with E-state index in [2.05, 4.69) is 10.1 Å². The topological polar surface area (TPSA) is 74.3 Å². The lowest BCUT2D eigenvalue weighted by Crippen LogP contribution is -2.50. The minimum Gasteiger partial charge on any atom is -0.493 e. The summed E-state index contributed by atoms with van der Waals surface area (Å²) >= 11 is 0. The second-order valence-electron chi connectivity index (χ2n) is 6.80. The lowest BCUT2D eigenvalue weighted by atomic mass is 10.1. The molecule has 0 spiro atoms. The van der Waals surface area contributed by atoms with E-state index in [0.717, 1.165) is 16.0 Å². The number of aryl methyl sites for hydroxylation is 2. The first kappa shape index (κ1) is 11.3. The van der Waals surface area contributed by atoms with Crippen molar-refractivity contribution >= 4 is 11.6 Å². The molecule has 1 heterocycles. The number of benzene rings is 2. The van der Waals surface area contributed by atoms with Crippen LogP contribution in [0.25, 0.3) is 0 Å². The average molecular weight is 441 g/mol. The minimum atomic E-state index is -3.44. The van der Waals surface area contributed by atoms with Crippen LogP contribution in [0.2, 0.25) is 0 Å². The number of hydrogen-bond acceptors (Lipinski definition) is 6. The van der Waals surface area contributed by atoms with Crippen molar-refractivity contribution in [3.05, 3.63) is 53.5 Å². The van der Waals surface area contributed by atoms with Crippen molar-refractivity contribution in [1.29, 1.82) is 0 Å². The number of nitrogens with zero attached hydrogens (tertiary/aromatic N) is 2. The molecule has 3 rings (SSSR count). The number of nitrogens with one attached hydrogen (secondary N) is 1. The van der Waals surface area contributed by atoms with E-state index in [9.17, 15) is 9.90 Å². The second kappa shape index (κ2) is 11.1. The third-order valence-electron chi connectivity index (χ3n) is 4.54. The van der Waals surface area contributed by atoms with Gasteiger partial charge < -0.3 is 19.9 Å². The maximum Gasteiger partial charge on any atom is 0.238 e. The molecule has 2 unspecified atom stereocenters. The van der Waals surface area contributed by atoms with Crippen LogP contribution in [0, 0.1) is 13.8 Å². The molecule has 1 aliphatic rings. The fourth-order valence-corrected chi connectivity index (χ4v) is 2.97. The molecule has 0 saturated carbocycles. The van der Waals surface area contributed by atoms with Crippen LogP contribution in [0.1, 0.15) is 28.9 Å². The number of methoxy groups -OCH3 is 1. The van der Waals surface area contributed by atoms with Crippen molar-refractivity contribution < 1.29 is 37.2 Å². The zero-order chi connectivity index (χ0) is 33.6. The van der Waals surface area contributed by atoms with Crippen LogP contribution in [0.3, 0.4) is 0 Å². The van der Waals surface area contributed by atoms with Gasteiger partial charge >= 0.3 is 0 Å². The predicted molar refractivity (Wildman–Crippen MR) is 122 cm³/mol. The number of rotatable bonds is 9. The van der Waals surface area contributed by atoms with Crippen LogP contribution in [0.15, 0.2) is 42.4 Å². The lowest BCUT2D eigenvalue weighted by Gasteiger charge is -2.35. The summed E-state index contributed by atoms with van der Waals surface area (Å²) in [6, 6.07) is 1.61. The molecule has 0 radical (unpaired) electrons. The molecule has 0 bridgehead atoms. The number of anilines is 1. The highest BCUT2D eigenvalue weighted by molar-refractivity contribution is 5.93. The molecule has 1 saturated heterocycles. The lowest BCUT2D eigenvalue weighted by molar-refractivity contribution is -0.117. The van der Waals surface area contributed by atoms with Crippen molar-refractivity contribution in [1.82, 2.24) is 9.80 Å². The van der Waals surface area contributed by atoms with E-state index in [1.165, 1.54) is 4.90 Å². The zero-order valence-electron chi connectivity index (χ0n) is 30.2. The Labute approximate surface area is 202 Å². The van der Waals surface area contributed by atoms with Crippen molar-refractivity contribution in [2.75, 3.05) is 58.1 Å². The second-order valence-corrected chi connectivity index (χ2v) is 6.80. The fourth-order valence-electron chi connectivity index (χ4n) is 2.97. The van der Waals surface area contributed by atoms with E-state index >= 15 is 0 Å². The first-order valence-electron chi connectivity index (χ1n) is 16.1. The predicted octanol–water partition coefficient (Wildman–Crippen LogP) is 2.31. The summed E-state index contributed by atoms with van der Waals surface area (Å²) in [7, 11) is -3.21. The summed E-state index contributed by atoms with van der Waals surface area (Å²) in [6.45, 7) is -5.66. The zero-order valence-corrected chi connectivity index (χ0v) is 17.2. The van der Waals surface area contributed by atoms with E-state index in [-0.39, 0.29) is 26.2 Å². The minimum absolute atomic E-state index is 0.213. The van der Waals surface area contributed by atoms with E-state index in [4.69, 9.17) is 22.6 Å². The van der Waals surface area contributed by atoms with Gasteiger partial charge in [-0.2, -0.15) is 0 Å². The highest BCUT2D eigenvalue weighted by Gasteiger charge is 2.21. The summed E-state index contributed by atoms with van der Waals surface area (Å²) in [5.74, 6) is -2.97. The number of β-amino-alcohol motifs (C(OH)–C–C–N with tert-alkyl or cyclic N) is 1.